The predicted molar refractivity (Wildman–Crippen MR) is 113 cm³/mol. The summed E-state index contributed by atoms with van der Waals surface area (Å²) in [6.07, 6.45) is 0.199. The van der Waals surface area contributed by atoms with Crippen LogP contribution in [-0.4, -0.2) is 42.4 Å². The normalized spacial score (nSPS) is 22.2. The van der Waals surface area contributed by atoms with Crippen molar-refractivity contribution in [2.45, 2.75) is 37.1 Å². The highest BCUT2D eigenvalue weighted by atomic mass is 16.5. The zero-order valence-corrected chi connectivity index (χ0v) is 17.3. The predicted octanol–water partition coefficient (Wildman–Crippen LogP) is 3.71. The second-order valence-corrected chi connectivity index (χ2v) is 8.14. The molecule has 7 heteroatoms. The molecule has 0 aliphatic heterocycles. The number of hydrogen-bond donors (Lipinski definition) is 2. The lowest BCUT2D eigenvalue weighted by Gasteiger charge is -2.36. The van der Waals surface area contributed by atoms with Gasteiger partial charge < -0.3 is 19.9 Å². The van der Waals surface area contributed by atoms with Crippen molar-refractivity contribution in [3.05, 3.63) is 59.7 Å². The first kappa shape index (κ1) is 20.9. The molecule has 0 aromatic heterocycles. The second-order valence-electron chi connectivity index (χ2n) is 8.14. The van der Waals surface area contributed by atoms with E-state index in [0.29, 0.717) is 12.8 Å². The van der Waals surface area contributed by atoms with Crippen LogP contribution >= 0.6 is 0 Å². The molecule has 2 aromatic rings. The zero-order valence-electron chi connectivity index (χ0n) is 17.3. The lowest BCUT2D eigenvalue weighted by Crippen LogP contribution is -2.57. The summed E-state index contributed by atoms with van der Waals surface area (Å²) < 4.78 is 10.3. The van der Waals surface area contributed by atoms with Gasteiger partial charge in [-0.15, -0.1) is 0 Å². The molecule has 2 aliphatic carbocycles. The van der Waals surface area contributed by atoms with Crippen molar-refractivity contribution in [3.8, 4) is 11.1 Å². The van der Waals surface area contributed by atoms with E-state index < -0.39 is 17.6 Å². The fourth-order valence-electron chi connectivity index (χ4n) is 4.74. The van der Waals surface area contributed by atoms with Gasteiger partial charge in [0.05, 0.1) is 13.0 Å². The minimum atomic E-state index is -1.44. The van der Waals surface area contributed by atoms with Gasteiger partial charge in [0.15, 0.2) is 0 Å². The molecule has 162 valence electrons. The maximum Gasteiger partial charge on any atom is 0.408 e. The number of carbonyl (C=O) groups excluding carboxylic acids is 2. The number of nitrogens with one attached hydrogen (secondary N) is 1. The molecule has 2 aliphatic rings. The van der Waals surface area contributed by atoms with Crippen LogP contribution in [0.5, 0.6) is 0 Å². The summed E-state index contributed by atoms with van der Waals surface area (Å²) in [4.78, 5) is 36.3. The Bertz CT molecular complexity index is 963. The fourth-order valence-corrected chi connectivity index (χ4v) is 4.74. The number of carboxylic acid groups (broad SMARTS) is 1. The first-order valence-electron chi connectivity index (χ1n) is 10.4. The Morgan fingerprint density at radius 1 is 1.00 bits per heavy atom. The van der Waals surface area contributed by atoms with Crippen LogP contribution in [0, 0.1) is 5.92 Å². The monoisotopic (exact) mass is 423 g/mol. The Morgan fingerprint density at radius 2 is 1.55 bits per heavy atom. The van der Waals surface area contributed by atoms with E-state index in [1.165, 1.54) is 7.11 Å². The first-order chi connectivity index (χ1) is 14.9. The molecular weight excluding hydrogens is 398 g/mol. The summed E-state index contributed by atoms with van der Waals surface area (Å²) in [5, 5.41) is 12.3. The van der Waals surface area contributed by atoms with Gasteiger partial charge in [-0.1, -0.05) is 48.5 Å². The Balaban J connectivity index is 1.43. The third-order valence-corrected chi connectivity index (χ3v) is 6.47. The van der Waals surface area contributed by atoms with Crippen LogP contribution in [0.4, 0.5) is 4.79 Å². The number of esters is 1. The lowest BCUT2D eigenvalue weighted by atomic mass is 9.76. The van der Waals surface area contributed by atoms with Crippen molar-refractivity contribution in [2.75, 3.05) is 13.7 Å². The van der Waals surface area contributed by atoms with Crippen LogP contribution in [0.3, 0.4) is 0 Å². The molecule has 0 heterocycles. The Morgan fingerprint density at radius 3 is 2.06 bits per heavy atom. The number of ether oxygens (including phenoxy) is 2. The fraction of sp³-hybridized carbons (Fsp3) is 0.375. The molecule has 0 bridgehead atoms. The van der Waals surface area contributed by atoms with E-state index in [2.05, 4.69) is 5.32 Å². The largest absolute Gasteiger partial charge is 0.480 e. The minimum Gasteiger partial charge on any atom is -0.480 e. The van der Waals surface area contributed by atoms with E-state index in [1.54, 1.807) is 0 Å². The number of hydrogen-bond acceptors (Lipinski definition) is 5. The molecular formula is C24H25NO6. The molecule has 31 heavy (non-hydrogen) atoms. The molecule has 0 spiro atoms. The molecule has 0 atom stereocenters. The molecule has 0 saturated heterocycles. The topological polar surface area (TPSA) is 102 Å². The van der Waals surface area contributed by atoms with Crippen molar-refractivity contribution in [1.82, 2.24) is 5.32 Å². The van der Waals surface area contributed by atoms with E-state index in [1.807, 2.05) is 48.5 Å². The van der Waals surface area contributed by atoms with Crippen LogP contribution in [0.1, 0.15) is 42.7 Å². The van der Waals surface area contributed by atoms with Gasteiger partial charge in [0.25, 0.3) is 0 Å². The van der Waals surface area contributed by atoms with Crippen molar-refractivity contribution in [2.24, 2.45) is 5.92 Å². The lowest BCUT2D eigenvalue weighted by molar-refractivity contribution is -0.152. The number of fused-ring (bicyclic) bond motifs is 3. The zero-order chi connectivity index (χ0) is 22.0. The molecule has 7 nitrogen and oxygen atoms in total. The number of rotatable bonds is 5. The Kier molecular flexibility index (Phi) is 5.67. The van der Waals surface area contributed by atoms with Gasteiger partial charge in [-0.3, -0.25) is 4.79 Å². The number of alkyl carbamates (subject to hydrolysis) is 1. The van der Waals surface area contributed by atoms with E-state index in [-0.39, 0.29) is 37.3 Å². The van der Waals surface area contributed by atoms with Gasteiger partial charge in [0.1, 0.15) is 12.1 Å². The van der Waals surface area contributed by atoms with E-state index in [4.69, 9.17) is 9.47 Å². The van der Waals surface area contributed by atoms with Gasteiger partial charge in [-0.2, -0.15) is 0 Å². The van der Waals surface area contributed by atoms with Crippen LogP contribution < -0.4 is 5.32 Å². The Hall–Kier alpha value is -3.35. The SMILES string of the molecule is COC(=O)C1CCC(NC(=O)OCC2c3ccccc3-c3ccccc32)(C(=O)O)CC1. The summed E-state index contributed by atoms with van der Waals surface area (Å²) in [6, 6.07) is 16.0. The quantitative estimate of drug-likeness (QED) is 0.711. The van der Waals surface area contributed by atoms with Gasteiger partial charge in [0.2, 0.25) is 0 Å². The number of benzene rings is 2. The van der Waals surface area contributed by atoms with Gasteiger partial charge in [-0.05, 0) is 47.9 Å². The summed E-state index contributed by atoms with van der Waals surface area (Å²) >= 11 is 0. The van der Waals surface area contributed by atoms with Gasteiger partial charge >= 0.3 is 18.0 Å². The van der Waals surface area contributed by atoms with E-state index in [0.717, 1.165) is 22.3 Å². The van der Waals surface area contributed by atoms with Crippen LogP contribution in [-0.2, 0) is 19.1 Å². The molecule has 1 amide bonds. The number of methoxy groups -OCH3 is 1. The third kappa shape index (κ3) is 3.87. The number of carboxylic acids is 1. The van der Waals surface area contributed by atoms with Crippen molar-refractivity contribution < 1.29 is 29.0 Å². The van der Waals surface area contributed by atoms with Gasteiger partial charge in [-0.25, -0.2) is 9.59 Å². The summed E-state index contributed by atoms with van der Waals surface area (Å²) in [7, 11) is 1.32. The van der Waals surface area contributed by atoms with E-state index in [9.17, 15) is 19.5 Å². The maximum atomic E-state index is 12.6. The highest BCUT2D eigenvalue weighted by Gasteiger charge is 2.45. The molecule has 4 rings (SSSR count). The molecule has 0 unspecified atom stereocenters. The van der Waals surface area contributed by atoms with E-state index >= 15 is 0 Å². The molecule has 2 aromatic carbocycles. The average Bonchev–Trinajstić information content (AvgIpc) is 3.11. The number of amides is 1. The van der Waals surface area contributed by atoms with Crippen molar-refractivity contribution in [1.29, 1.82) is 0 Å². The van der Waals surface area contributed by atoms with Crippen LogP contribution in [0.15, 0.2) is 48.5 Å². The summed E-state index contributed by atoms with van der Waals surface area (Å²) in [5.74, 6) is -1.92. The smallest absolute Gasteiger partial charge is 0.408 e. The van der Waals surface area contributed by atoms with Crippen molar-refractivity contribution >= 4 is 18.0 Å². The van der Waals surface area contributed by atoms with Crippen LogP contribution in [0.25, 0.3) is 11.1 Å². The van der Waals surface area contributed by atoms with Crippen molar-refractivity contribution in [3.63, 3.8) is 0 Å². The standard InChI is InChI=1S/C24H25NO6/c1-30-21(26)15-10-12-24(13-11-15,22(27)28)25-23(29)31-14-20-18-8-4-2-6-16(18)17-7-3-5-9-19(17)20/h2-9,15,20H,10-14H2,1H3,(H,25,29)(H,27,28). The third-order valence-electron chi connectivity index (χ3n) is 6.47. The molecule has 1 saturated carbocycles. The molecule has 2 N–H and O–H groups in total. The Labute approximate surface area is 180 Å². The summed E-state index contributed by atoms with van der Waals surface area (Å²) in [6.45, 7) is 0.111. The molecule has 1 fully saturated rings. The van der Waals surface area contributed by atoms with Gasteiger partial charge in [0, 0.05) is 5.92 Å². The van der Waals surface area contributed by atoms with Crippen LogP contribution in [0.2, 0.25) is 0 Å². The maximum absolute atomic E-state index is 12.6. The average molecular weight is 423 g/mol. The highest BCUT2D eigenvalue weighted by Crippen LogP contribution is 2.44. The number of carbonyl (C=O) groups is 3. The minimum absolute atomic E-state index is 0.103. The summed E-state index contributed by atoms with van der Waals surface area (Å²) in [5.41, 5.74) is 2.98. The second kappa shape index (κ2) is 8.41. The number of aliphatic carboxylic acids is 1. The highest BCUT2D eigenvalue weighted by molar-refractivity contribution is 5.85. The molecule has 0 radical (unpaired) electrons. The first-order valence-corrected chi connectivity index (χ1v) is 10.4.